The predicted molar refractivity (Wildman–Crippen MR) is 92.7 cm³/mol. The fourth-order valence-electron chi connectivity index (χ4n) is 2.32. The third-order valence-corrected chi connectivity index (χ3v) is 5.10. The van der Waals surface area contributed by atoms with Crippen LogP contribution in [-0.2, 0) is 17.1 Å². The van der Waals surface area contributed by atoms with E-state index in [4.69, 9.17) is 0 Å². The Labute approximate surface area is 138 Å². The van der Waals surface area contributed by atoms with E-state index in [1.807, 2.05) is 31.6 Å². The molecule has 2 rings (SSSR count). The van der Waals surface area contributed by atoms with Crippen LogP contribution in [0.25, 0.3) is 0 Å². The summed E-state index contributed by atoms with van der Waals surface area (Å²) >= 11 is 0. The van der Waals surface area contributed by atoms with Gasteiger partial charge in [0.05, 0.1) is 11.9 Å². The average Bonchev–Trinajstić information content (AvgIpc) is 2.94. The molecule has 0 saturated carbocycles. The van der Waals surface area contributed by atoms with Crippen LogP contribution in [0.5, 0.6) is 0 Å². The standard InChI is InChI=1S/C16H24N4O2S/c1-5-23(21,22)19-16-8-6-14(7-9-16)12(2)18-13(3)15-10-17-20(4)11-15/h6-13,18-19H,5H2,1-4H3/t12-,13-/m1/s1. The minimum atomic E-state index is -3.23. The predicted octanol–water partition coefficient (Wildman–Crippen LogP) is 2.59. The highest BCUT2D eigenvalue weighted by molar-refractivity contribution is 7.92. The summed E-state index contributed by atoms with van der Waals surface area (Å²) < 4.78 is 27.4. The van der Waals surface area contributed by atoms with Gasteiger partial charge in [0.1, 0.15) is 0 Å². The van der Waals surface area contributed by atoms with Crippen LogP contribution in [0.1, 0.15) is 44.0 Å². The SMILES string of the molecule is CCS(=O)(=O)Nc1ccc([C@@H](C)N[C@H](C)c2cnn(C)c2)cc1. The summed E-state index contributed by atoms with van der Waals surface area (Å²) in [4.78, 5) is 0. The van der Waals surface area contributed by atoms with Crippen LogP contribution in [0, 0.1) is 0 Å². The molecule has 0 unspecified atom stereocenters. The molecule has 126 valence electrons. The third-order valence-electron chi connectivity index (χ3n) is 3.79. The lowest BCUT2D eigenvalue weighted by atomic mass is 10.1. The van der Waals surface area contributed by atoms with Crippen LogP contribution >= 0.6 is 0 Å². The van der Waals surface area contributed by atoms with E-state index >= 15 is 0 Å². The molecule has 2 N–H and O–H groups in total. The molecule has 0 aliphatic heterocycles. The van der Waals surface area contributed by atoms with Crippen LogP contribution in [0.2, 0.25) is 0 Å². The second kappa shape index (κ2) is 7.14. The van der Waals surface area contributed by atoms with E-state index in [-0.39, 0.29) is 17.8 Å². The summed E-state index contributed by atoms with van der Waals surface area (Å²) in [5, 5.41) is 7.70. The van der Waals surface area contributed by atoms with Crippen LogP contribution in [0.15, 0.2) is 36.7 Å². The van der Waals surface area contributed by atoms with E-state index in [2.05, 4.69) is 29.0 Å². The van der Waals surface area contributed by atoms with Gasteiger partial charge in [-0.25, -0.2) is 8.42 Å². The first-order valence-corrected chi connectivity index (χ1v) is 9.31. The molecule has 0 aliphatic carbocycles. The molecule has 0 aliphatic rings. The van der Waals surface area contributed by atoms with Gasteiger partial charge in [-0.2, -0.15) is 5.10 Å². The number of hydrogen-bond acceptors (Lipinski definition) is 4. The highest BCUT2D eigenvalue weighted by Crippen LogP contribution is 2.21. The van der Waals surface area contributed by atoms with Crippen molar-refractivity contribution in [1.82, 2.24) is 15.1 Å². The Bertz CT molecular complexity index is 738. The number of anilines is 1. The van der Waals surface area contributed by atoms with Crippen molar-refractivity contribution in [2.24, 2.45) is 7.05 Å². The number of sulfonamides is 1. The minimum absolute atomic E-state index is 0.0648. The first-order valence-electron chi connectivity index (χ1n) is 7.65. The smallest absolute Gasteiger partial charge is 0.232 e. The molecule has 7 heteroatoms. The molecule has 0 radical (unpaired) electrons. The van der Waals surface area contributed by atoms with Crippen molar-refractivity contribution in [3.63, 3.8) is 0 Å². The second-order valence-corrected chi connectivity index (χ2v) is 7.70. The maximum atomic E-state index is 11.6. The van der Waals surface area contributed by atoms with Crippen molar-refractivity contribution in [1.29, 1.82) is 0 Å². The van der Waals surface area contributed by atoms with Crippen molar-refractivity contribution in [2.45, 2.75) is 32.9 Å². The molecule has 0 fully saturated rings. The van der Waals surface area contributed by atoms with Gasteiger partial charge < -0.3 is 5.32 Å². The Hall–Kier alpha value is -1.86. The Balaban J connectivity index is 2.01. The molecule has 1 heterocycles. The lowest BCUT2D eigenvalue weighted by molar-refractivity contribution is 0.494. The molecule has 23 heavy (non-hydrogen) atoms. The van der Waals surface area contributed by atoms with Crippen molar-refractivity contribution < 1.29 is 8.42 Å². The fraction of sp³-hybridized carbons (Fsp3) is 0.438. The van der Waals surface area contributed by atoms with Crippen molar-refractivity contribution >= 4 is 15.7 Å². The van der Waals surface area contributed by atoms with E-state index in [0.29, 0.717) is 5.69 Å². The number of aryl methyl sites for hydroxylation is 1. The first-order chi connectivity index (χ1) is 10.8. The zero-order chi connectivity index (χ0) is 17.0. The number of nitrogens with zero attached hydrogens (tertiary/aromatic N) is 2. The van der Waals surface area contributed by atoms with Gasteiger partial charge in [0, 0.05) is 36.6 Å². The number of rotatable bonds is 7. The molecule has 1 aromatic carbocycles. The van der Waals surface area contributed by atoms with Gasteiger partial charge >= 0.3 is 0 Å². The summed E-state index contributed by atoms with van der Waals surface area (Å²) in [6.45, 7) is 5.79. The van der Waals surface area contributed by atoms with Crippen molar-refractivity contribution in [3.05, 3.63) is 47.8 Å². The molecule has 0 spiro atoms. The fourth-order valence-corrected chi connectivity index (χ4v) is 2.96. The molecule has 2 aromatic rings. The molecular formula is C16H24N4O2S. The van der Waals surface area contributed by atoms with Crippen LogP contribution in [0.3, 0.4) is 0 Å². The van der Waals surface area contributed by atoms with E-state index in [0.717, 1.165) is 11.1 Å². The number of hydrogen-bond donors (Lipinski definition) is 2. The normalized spacial score (nSPS) is 14.4. The number of benzene rings is 1. The van der Waals surface area contributed by atoms with Gasteiger partial charge in [-0.1, -0.05) is 12.1 Å². The topological polar surface area (TPSA) is 76.0 Å². The highest BCUT2D eigenvalue weighted by atomic mass is 32.2. The quantitative estimate of drug-likeness (QED) is 0.815. The van der Waals surface area contributed by atoms with Gasteiger partial charge in [-0.05, 0) is 38.5 Å². The summed E-state index contributed by atoms with van der Waals surface area (Å²) in [5.74, 6) is 0.0648. The van der Waals surface area contributed by atoms with Crippen molar-refractivity contribution in [3.8, 4) is 0 Å². The maximum Gasteiger partial charge on any atom is 0.232 e. The van der Waals surface area contributed by atoms with Crippen LogP contribution in [-0.4, -0.2) is 24.0 Å². The zero-order valence-electron chi connectivity index (χ0n) is 13.9. The highest BCUT2D eigenvalue weighted by Gasteiger charge is 2.13. The van der Waals surface area contributed by atoms with E-state index in [9.17, 15) is 8.42 Å². The number of aromatic nitrogens is 2. The lowest BCUT2D eigenvalue weighted by Crippen LogP contribution is -2.22. The van der Waals surface area contributed by atoms with Gasteiger partial charge in [-0.15, -0.1) is 0 Å². The Morgan fingerprint density at radius 3 is 2.26 bits per heavy atom. The summed E-state index contributed by atoms with van der Waals surface area (Å²) in [5.41, 5.74) is 2.81. The van der Waals surface area contributed by atoms with Gasteiger partial charge in [-0.3, -0.25) is 9.40 Å². The molecule has 6 nitrogen and oxygen atoms in total. The molecule has 0 amide bonds. The van der Waals surface area contributed by atoms with E-state index < -0.39 is 10.0 Å². The monoisotopic (exact) mass is 336 g/mol. The van der Waals surface area contributed by atoms with E-state index in [1.165, 1.54) is 0 Å². The molecule has 0 saturated heterocycles. The van der Waals surface area contributed by atoms with Gasteiger partial charge in [0.15, 0.2) is 0 Å². The van der Waals surface area contributed by atoms with Gasteiger partial charge in [0.2, 0.25) is 10.0 Å². The van der Waals surface area contributed by atoms with Gasteiger partial charge in [0.25, 0.3) is 0 Å². The lowest BCUT2D eigenvalue weighted by Gasteiger charge is -2.20. The zero-order valence-corrected chi connectivity index (χ0v) is 14.8. The molecule has 0 bridgehead atoms. The third kappa shape index (κ3) is 4.80. The van der Waals surface area contributed by atoms with E-state index in [1.54, 1.807) is 23.7 Å². The Morgan fingerprint density at radius 2 is 1.74 bits per heavy atom. The number of nitrogens with one attached hydrogen (secondary N) is 2. The van der Waals surface area contributed by atoms with Crippen LogP contribution < -0.4 is 10.0 Å². The molecule has 2 atom stereocenters. The molecular weight excluding hydrogens is 312 g/mol. The molecule has 1 aromatic heterocycles. The van der Waals surface area contributed by atoms with Crippen LogP contribution in [0.4, 0.5) is 5.69 Å². The Kier molecular flexibility index (Phi) is 5.43. The summed E-state index contributed by atoms with van der Waals surface area (Å²) in [6, 6.07) is 7.76. The first kappa shape index (κ1) is 17.5. The maximum absolute atomic E-state index is 11.6. The summed E-state index contributed by atoms with van der Waals surface area (Å²) in [7, 11) is -1.33. The summed E-state index contributed by atoms with van der Waals surface area (Å²) in [6.07, 6.45) is 3.85. The largest absolute Gasteiger partial charge is 0.304 e. The van der Waals surface area contributed by atoms with Crippen molar-refractivity contribution in [2.75, 3.05) is 10.5 Å². The minimum Gasteiger partial charge on any atom is -0.304 e. The second-order valence-electron chi connectivity index (χ2n) is 5.68. The average molecular weight is 336 g/mol. The Morgan fingerprint density at radius 1 is 1.13 bits per heavy atom.